The second kappa shape index (κ2) is 10.0. The number of methoxy groups -OCH3 is 3. The van der Waals surface area contributed by atoms with Gasteiger partial charge in [-0.1, -0.05) is 47.7 Å². The number of benzene rings is 3. The van der Waals surface area contributed by atoms with Crippen LogP contribution in [0.3, 0.4) is 0 Å². The van der Waals surface area contributed by atoms with E-state index in [2.05, 4.69) is 12.1 Å². The van der Waals surface area contributed by atoms with Gasteiger partial charge in [0.1, 0.15) is 11.5 Å². The molecule has 0 saturated carbocycles. The summed E-state index contributed by atoms with van der Waals surface area (Å²) in [6.45, 7) is 0. The van der Waals surface area contributed by atoms with Crippen molar-refractivity contribution in [3.05, 3.63) is 120 Å². The fourth-order valence-electron chi connectivity index (χ4n) is 5.34. The molecule has 4 aromatic rings. The summed E-state index contributed by atoms with van der Waals surface area (Å²) in [6, 6.07) is 20.7. The molecular formula is C31H26N2O5S. The Bertz CT molecular complexity index is 1810. The van der Waals surface area contributed by atoms with Crippen LogP contribution in [0.1, 0.15) is 45.1 Å². The van der Waals surface area contributed by atoms with E-state index in [0.717, 1.165) is 40.8 Å². The van der Waals surface area contributed by atoms with Crippen LogP contribution in [0.15, 0.2) is 82.1 Å². The van der Waals surface area contributed by atoms with Crippen LogP contribution in [0.4, 0.5) is 0 Å². The van der Waals surface area contributed by atoms with Gasteiger partial charge in [0.2, 0.25) is 0 Å². The molecule has 1 unspecified atom stereocenters. The maximum atomic E-state index is 14.0. The van der Waals surface area contributed by atoms with Crippen LogP contribution in [0, 0.1) is 0 Å². The third-order valence-electron chi connectivity index (χ3n) is 7.24. The van der Waals surface area contributed by atoms with Crippen molar-refractivity contribution < 1.29 is 19.0 Å². The third-order valence-corrected chi connectivity index (χ3v) is 8.23. The molecule has 0 amide bonds. The number of allylic oxidation sites excluding steroid dienone is 1. The molecule has 7 nitrogen and oxygen atoms in total. The van der Waals surface area contributed by atoms with Crippen LogP contribution >= 0.6 is 11.3 Å². The van der Waals surface area contributed by atoms with E-state index in [0.29, 0.717) is 26.4 Å². The molecule has 8 heteroatoms. The lowest BCUT2D eigenvalue weighted by molar-refractivity contribution is 0.0600. The van der Waals surface area contributed by atoms with Gasteiger partial charge < -0.3 is 14.2 Å². The molecule has 0 spiro atoms. The minimum absolute atomic E-state index is 0.129. The Morgan fingerprint density at radius 2 is 1.79 bits per heavy atom. The molecule has 0 N–H and O–H groups in total. The molecule has 2 heterocycles. The van der Waals surface area contributed by atoms with Crippen molar-refractivity contribution in [2.24, 2.45) is 4.99 Å². The summed E-state index contributed by atoms with van der Waals surface area (Å²) in [5.74, 6) is 0.916. The van der Waals surface area contributed by atoms with Crippen molar-refractivity contribution in [3.8, 4) is 11.5 Å². The number of aromatic nitrogens is 1. The quantitative estimate of drug-likeness (QED) is 0.357. The number of hydrogen-bond acceptors (Lipinski definition) is 7. The smallest absolute Gasteiger partial charge is 0.337 e. The number of hydrogen-bond donors (Lipinski definition) is 0. The topological polar surface area (TPSA) is 79.1 Å². The van der Waals surface area contributed by atoms with Crippen molar-refractivity contribution in [1.82, 2.24) is 4.57 Å². The highest BCUT2D eigenvalue weighted by atomic mass is 32.1. The molecule has 1 aromatic heterocycles. The number of esters is 1. The first-order chi connectivity index (χ1) is 19.0. The molecule has 1 atom stereocenters. The Hall–Kier alpha value is -4.43. The largest absolute Gasteiger partial charge is 0.497 e. The van der Waals surface area contributed by atoms with E-state index in [4.69, 9.17) is 19.2 Å². The fourth-order valence-corrected chi connectivity index (χ4v) is 6.33. The maximum Gasteiger partial charge on any atom is 0.337 e. The summed E-state index contributed by atoms with van der Waals surface area (Å²) in [6.07, 6.45) is 3.48. The van der Waals surface area contributed by atoms with Gasteiger partial charge in [-0.25, -0.2) is 9.79 Å². The lowest BCUT2D eigenvalue weighted by Crippen LogP contribution is -2.38. The molecule has 6 rings (SSSR count). The Morgan fingerprint density at radius 1 is 1.00 bits per heavy atom. The highest BCUT2D eigenvalue weighted by Gasteiger charge is 2.32. The number of carbonyl (C=O) groups is 1. The second-order valence-electron chi connectivity index (χ2n) is 9.34. The zero-order valence-corrected chi connectivity index (χ0v) is 22.6. The van der Waals surface area contributed by atoms with Gasteiger partial charge in [0, 0.05) is 11.1 Å². The van der Waals surface area contributed by atoms with Crippen molar-refractivity contribution in [3.63, 3.8) is 0 Å². The van der Waals surface area contributed by atoms with Gasteiger partial charge in [-0.05, 0) is 65.9 Å². The van der Waals surface area contributed by atoms with E-state index in [-0.39, 0.29) is 11.6 Å². The standard InChI is InChI=1S/C31H26N2O5S/c1-36-22-13-15-25(37-2)21(16-22)17-26-29(34)33-28(19-8-10-20(11-9-19)30(35)38-3)24-14-12-18-6-4-5-7-23(18)27(24)32-31(33)39-26/h4-11,13,15-17,28H,12,14H2,1-3H3. The van der Waals surface area contributed by atoms with Crippen molar-refractivity contribution >= 4 is 29.1 Å². The van der Waals surface area contributed by atoms with E-state index in [1.807, 2.05) is 48.5 Å². The second-order valence-corrected chi connectivity index (χ2v) is 10.3. The predicted octanol–water partition coefficient (Wildman–Crippen LogP) is 4.12. The number of thiazole rings is 1. The fraction of sp³-hybridized carbons (Fsp3) is 0.194. The Labute approximate surface area is 228 Å². The maximum absolute atomic E-state index is 14.0. The normalized spacial score (nSPS) is 16.1. The zero-order chi connectivity index (χ0) is 27.1. The Kier molecular flexibility index (Phi) is 6.40. The summed E-state index contributed by atoms with van der Waals surface area (Å²) in [5, 5.41) is 0. The molecule has 0 fully saturated rings. The van der Waals surface area contributed by atoms with E-state index >= 15 is 0 Å². The van der Waals surface area contributed by atoms with Gasteiger partial charge in [-0.2, -0.15) is 0 Å². The lowest BCUT2D eigenvalue weighted by atomic mass is 9.83. The molecule has 39 heavy (non-hydrogen) atoms. The van der Waals surface area contributed by atoms with Crippen LogP contribution in [-0.4, -0.2) is 31.9 Å². The first kappa shape index (κ1) is 24.9. The average Bonchev–Trinajstić information content (AvgIpc) is 3.29. The van der Waals surface area contributed by atoms with E-state index in [1.165, 1.54) is 24.0 Å². The van der Waals surface area contributed by atoms with Gasteiger partial charge in [0.05, 0.1) is 43.2 Å². The van der Waals surface area contributed by atoms with Gasteiger partial charge in [-0.3, -0.25) is 9.36 Å². The van der Waals surface area contributed by atoms with Crippen molar-refractivity contribution in [2.75, 3.05) is 21.3 Å². The number of nitrogens with zero attached hydrogens (tertiary/aromatic N) is 2. The first-order valence-corrected chi connectivity index (χ1v) is 13.4. The summed E-state index contributed by atoms with van der Waals surface area (Å²) < 4.78 is 18.1. The molecule has 1 aliphatic heterocycles. The van der Waals surface area contributed by atoms with Crippen LogP contribution in [0.2, 0.25) is 0 Å². The number of aryl methyl sites for hydroxylation is 1. The number of carbonyl (C=O) groups excluding carboxylic acids is 1. The summed E-state index contributed by atoms with van der Waals surface area (Å²) in [7, 11) is 4.57. The SMILES string of the molecule is COC(=O)c1ccc(C2C3=C(N=c4sc(=Cc5cc(OC)ccc5OC)c(=O)n42)c2ccccc2CC3)cc1. The predicted molar refractivity (Wildman–Crippen MR) is 150 cm³/mol. The highest BCUT2D eigenvalue weighted by molar-refractivity contribution is 7.07. The summed E-state index contributed by atoms with van der Waals surface area (Å²) in [4.78, 5) is 31.8. The molecule has 0 radical (unpaired) electrons. The van der Waals surface area contributed by atoms with Crippen molar-refractivity contribution in [1.29, 1.82) is 0 Å². The van der Waals surface area contributed by atoms with Gasteiger partial charge in [-0.15, -0.1) is 0 Å². The van der Waals surface area contributed by atoms with Gasteiger partial charge in [0.15, 0.2) is 4.80 Å². The molecule has 2 aliphatic rings. The van der Waals surface area contributed by atoms with Crippen LogP contribution in [-0.2, 0) is 11.2 Å². The molecule has 0 bridgehead atoms. The van der Waals surface area contributed by atoms with Gasteiger partial charge >= 0.3 is 5.97 Å². The van der Waals surface area contributed by atoms with E-state index < -0.39 is 5.97 Å². The van der Waals surface area contributed by atoms with Crippen LogP contribution in [0.25, 0.3) is 11.8 Å². The number of rotatable bonds is 5. The summed E-state index contributed by atoms with van der Waals surface area (Å²) in [5.41, 5.74) is 6.36. The molecular weight excluding hydrogens is 512 g/mol. The average molecular weight is 539 g/mol. The number of ether oxygens (including phenoxy) is 3. The number of fused-ring (bicyclic) bond motifs is 3. The minimum Gasteiger partial charge on any atom is -0.497 e. The lowest BCUT2D eigenvalue weighted by Gasteiger charge is -2.30. The zero-order valence-electron chi connectivity index (χ0n) is 21.8. The summed E-state index contributed by atoms with van der Waals surface area (Å²) >= 11 is 1.35. The van der Waals surface area contributed by atoms with E-state index in [1.54, 1.807) is 30.9 Å². The molecule has 3 aromatic carbocycles. The molecule has 196 valence electrons. The monoisotopic (exact) mass is 538 g/mol. The van der Waals surface area contributed by atoms with Crippen LogP contribution < -0.4 is 24.4 Å². The molecule has 1 aliphatic carbocycles. The third kappa shape index (κ3) is 4.27. The first-order valence-electron chi connectivity index (χ1n) is 12.6. The van der Waals surface area contributed by atoms with Crippen LogP contribution in [0.5, 0.6) is 11.5 Å². The molecule has 0 saturated heterocycles. The Morgan fingerprint density at radius 3 is 2.54 bits per heavy atom. The minimum atomic E-state index is -0.399. The van der Waals surface area contributed by atoms with E-state index in [9.17, 15) is 9.59 Å². The highest BCUT2D eigenvalue weighted by Crippen LogP contribution is 2.41. The van der Waals surface area contributed by atoms with Crippen molar-refractivity contribution in [2.45, 2.75) is 18.9 Å². The van der Waals surface area contributed by atoms with Gasteiger partial charge in [0.25, 0.3) is 5.56 Å². The Balaban J connectivity index is 1.59.